The predicted molar refractivity (Wildman–Crippen MR) is 37.6 cm³/mol. The van der Waals surface area contributed by atoms with E-state index in [1.807, 2.05) is 0 Å². The predicted octanol–water partition coefficient (Wildman–Crippen LogP) is 1.26. The number of carboxylic acid groups (broad SMARTS) is 1. The molecule has 0 spiro atoms. The van der Waals surface area contributed by atoms with Crippen LogP contribution in [-0.4, -0.2) is 18.2 Å². The Bertz CT molecular complexity index is 147. The Hall–Kier alpha value is -0.990. The summed E-state index contributed by atoms with van der Waals surface area (Å²) in [5.41, 5.74) is -0.837. The molecule has 10 heavy (non-hydrogen) atoms. The maximum absolute atomic E-state index is 10.4. The summed E-state index contributed by atoms with van der Waals surface area (Å²) in [6.45, 7) is 3.20. The van der Waals surface area contributed by atoms with Crippen molar-refractivity contribution in [3.05, 3.63) is 12.3 Å². The van der Waals surface area contributed by atoms with Crippen LogP contribution in [0.1, 0.15) is 13.8 Å². The number of hydrogen-bond donors (Lipinski definition) is 1. The van der Waals surface area contributed by atoms with Crippen molar-refractivity contribution in [2.24, 2.45) is 5.41 Å². The highest BCUT2D eigenvalue weighted by atomic mass is 16.5. The van der Waals surface area contributed by atoms with E-state index in [9.17, 15) is 4.79 Å². The standard InChI is InChI=1S/C7H12O3/c1-7(2,6(8)9)4-5-10-3/h4-5H,1-3H3,(H,8,9). The molecule has 3 nitrogen and oxygen atoms in total. The first-order valence-corrected chi connectivity index (χ1v) is 2.94. The highest BCUT2D eigenvalue weighted by Crippen LogP contribution is 2.16. The highest BCUT2D eigenvalue weighted by Gasteiger charge is 2.23. The van der Waals surface area contributed by atoms with Gasteiger partial charge in [-0.1, -0.05) is 0 Å². The van der Waals surface area contributed by atoms with Crippen LogP contribution in [0.4, 0.5) is 0 Å². The van der Waals surface area contributed by atoms with Gasteiger partial charge in [-0.05, 0) is 19.9 Å². The second kappa shape index (κ2) is 3.25. The van der Waals surface area contributed by atoms with Crippen LogP contribution in [0.25, 0.3) is 0 Å². The third-order valence-electron chi connectivity index (χ3n) is 1.17. The first-order valence-electron chi connectivity index (χ1n) is 2.94. The zero-order chi connectivity index (χ0) is 8.20. The Kier molecular flexibility index (Phi) is 2.93. The lowest BCUT2D eigenvalue weighted by molar-refractivity contribution is -0.144. The van der Waals surface area contributed by atoms with Crippen molar-refractivity contribution < 1.29 is 14.6 Å². The molecule has 0 aliphatic carbocycles. The van der Waals surface area contributed by atoms with Gasteiger partial charge in [0.2, 0.25) is 0 Å². The van der Waals surface area contributed by atoms with Crippen molar-refractivity contribution >= 4 is 5.97 Å². The van der Waals surface area contributed by atoms with Crippen LogP contribution in [0.3, 0.4) is 0 Å². The summed E-state index contributed by atoms with van der Waals surface area (Å²) >= 11 is 0. The van der Waals surface area contributed by atoms with E-state index in [0.29, 0.717) is 0 Å². The minimum absolute atomic E-state index is 0.837. The number of ether oxygens (including phenoxy) is 1. The van der Waals surface area contributed by atoms with Gasteiger partial charge in [0.25, 0.3) is 0 Å². The topological polar surface area (TPSA) is 46.5 Å². The third kappa shape index (κ3) is 2.53. The Morgan fingerprint density at radius 2 is 2.10 bits per heavy atom. The van der Waals surface area contributed by atoms with Crippen molar-refractivity contribution in [2.75, 3.05) is 7.11 Å². The van der Waals surface area contributed by atoms with Gasteiger partial charge in [0, 0.05) is 0 Å². The third-order valence-corrected chi connectivity index (χ3v) is 1.17. The van der Waals surface area contributed by atoms with Gasteiger partial charge in [0.1, 0.15) is 0 Å². The number of methoxy groups -OCH3 is 1. The van der Waals surface area contributed by atoms with Gasteiger partial charge in [0.15, 0.2) is 0 Å². The van der Waals surface area contributed by atoms with E-state index in [-0.39, 0.29) is 0 Å². The zero-order valence-corrected chi connectivity index (χ0v) is 6.42. The van der Waals surface area contributed by atoms with Crippen molar-refractivity contribution in [3.63, 3.8) is 0 Å². The molecule has 0 fully saturated rings. The molecule has 0 aliphatic heterocycles. The summed E-state index contributed by atoms with van der Waals surface area (Å²) in [6.07, 6.45) is 2.86. The number of rotatable bonds is 3. The van der Waals surface area contributed by atoms with Crippen molar-refractivity contribution in [1.29, 1.82) is 0 Å². The first-order chi connectivity index (χ1) is 4.50. The average molecular weight is 144 g/mol. The molecule has 0 aromatic carbocycles. The molecule has 1 N–H and O–H groups in total. The molecule has 0 amide bonds. The molecule has 0 aromatic rings. The largest absolute Gasteiger partial charge is 0.505 e. The lowest BCUT2D eigenvalue weighted by Gasteiger charge is -2.11. The molecule has 0 saturated heterocycles. The summed E-state index contributed by atoms with van der Waals surface area (Å²) in [6, 6.07) is 0. The van der Waals surface area contributed by atoms with E-state index in [2.05, 4.69) is 4.74 Å². The van der Waals surface area contributed by atoms with Crippen molar-refractivity contribution in [1.82, 2.24) is 0 Å². The second-order valence-corrected chi connectivity index (χ2v) is 2.57. The Morgan fingerprint density at radius 1 is 1.60 bits per heavy atom. The van der Waals surface area contributed by atoms with E-state index in [1.54, 1.807) is 13.8 Å². The number of carboxylic acids is 1. The maximum Gasteiger partial charge on any atom is 0.313 e. The Morgan fingerprint density at radius 3 is 2.40 bits per heavy atom. The van der Waals surface area contributed by atoms with Crippen LogP contribution in [0.2, 0.25) is 0 Å². The highest BCUT2D eigenvalue weighted by molar-refractivity contribution is 5.75. The number of aliphatic carboxylic acids is 1. The van der Waals surface area contributed by atoms with Gasteiger partial charge < -0.3 is 9.84 Å². The molecule has 0 bridgehead atoms. The van der Waals surface area contributed by atoms with Crippen LogP contribution >= 0.6 is 0 Å². The van der Waals surface area contributed by atoms with E-state index in [4.69, 9.17) is 5.11 Å². The van der Waals surface area contributed by atoms with Crippen molar-refractivity contribution in [3.8, 4) is 0 Å². The normalized spacial score (nSPS) is 11.9. The minimum Gasteiger partial charge on any atom is -0.505 e. The molecule has 0 rings (SSSR count). The average Bonchev–Trinajstić information content (AvgIpc) is 1.84. The van der Waals surface area contributed by atoms with E-state index in [1.165, 1.54) is 19.4 Å². The van der Waals surface area contributed by atoms with Gasteiger partial charge in [0.05, 0.1) is 18.8 Å². The summed E-state index contributed by atoms with van der Waals surface area (Å²) in [7, 11) is 1.48. The number of hydrogen-bond acceptors (Lipinski definition) is 2. The molecule has 58 valence electrons. The van der Waals surface area contributed by atoms with Gasteiger partial charge in [-0.3, -0.25) is 4.79 Å². The molecule has 0 heterocycles. The minimum atomic E-state index is -0.860. The molecular formula is C7H12O3. The molecule has 0 aromatic heterocycles. The van der Waals surface area contributed by atoms with Crippen LogP contribution < -0.4 is 0 Å². The second-order valence-electron chi connectivity index (χ2n) is 2.57. The SMILES string of the molecule is COC=CC(C)(C)C(=O)O. The molecule has 0 saturated carbocycles. The van der Waals surface area contributed by atoms with Gasteiger partial charge in [-0.2, -0.15) is 0 Å². The van der Waals surface area contributed by atoms with Crippen LogP contribution in [0, 0.1) is 5.41 Å². The summed E-state index contributed by atoms with van der Waals surface area (Å²) in [5, 5.41) is 8.56. The maximum atomic E-state index is 10.4. The molecule has 0 atom stereocenters. The fourth-order valence-corrected chi connectivity index (χ4v) is 0.309. The quantitative estimate of drug-likeness (QED) is 0.606. The molecule has 0 unspecified atom stereocenters. The Balaban J connectivity index is 4.12. The van der Waals surface area contributed by atoms with Crippen LogP contribution in [0.15, 0.2) is 12.3 Å². The fourth-order valence-electron chi connectivity index (χ4n) is 0.309. The molecule has 3 heteroatoms. The van der Waals surface area contributed by atoms with Crippen LogP contribution in [-0.2, 0) is 9.53 Å². The summed E-state index contributed by atoms with van der Waals surface area (Å²) in [5.74, 6) is -0.860. The monoisotopic (exact) mass is 144 g/mol. The zero-order valence-electron chi connectivity index (χ0n) is 6.42. The fraction of sp³-hybridized carbons (Fsp3) is 0.571. The first kappa shape index (κ1) is 9.01. The molecule has 0 radical (unpaired) electrons. The van der Waals surface area contributed by atoms with E-state index in [0.717, 1.165) is 0 Å². The van der Waals surface area contributed by atoms with Crippen LogP contribution in [0.5, 0.6) is 0 Å². The summed E-state index contributed by atoms with van der Waals surface area (Å²) in [4.78, 5) is 10.4. The Labute approximate surface area is 60.3 Å². The molecular weight excluding hydrogens is 132 g/mol. The van der Waals surface area contributed by atoms with E-state index >= 15 is 0 Å². The molecule has 0 aliphatic rings. The van der Waals surface area contributed by atoms with Gasteiger partial charge in [-0.15, -0.1) is 0 Å². The van der Waals surface area contributed by atoms with Crippen molar-refractivity contribution in [2.45, 2.75) is 13.8 Å². The smallest absolute Gasteiger partial charge is 0.313 e. The lowest BCUT2D eigenvalue weighted by atomic mass is 9.94. The van der Waals surface area contributed by atoms with Gasteiger partial charge >= 0.3 is 5.97 Å². The van der Waals surface area contributed by atoms with Gasteiger partial charge in [-0.25, -0.2) is 0 Å². The van der Waals surface area contributed by atoms with E-state index < -0.39 is 11.4 Å². The number of carbonyl (C=O) groups is 1. The summed E-state index contributed by atoms with van der Waals surface area (Å²) < 4.78 is 4.58. The lowest BCUT2D eigenvalue weighted by Crippen LogP contribution is -2.20.